The molecule has 0 saturated heterocycles. The molecular formula is C11H10Cl2O. The van der Waals surface area contributed by atoms with Gasteiger partial charge in [-0.05, 0) is 11.6 Å². The highest BCUT2D eigenvalue weighted by Gasteiger charge is 2.18. The molecule has 0 saturated carbocycles. The lowest BCUT2D eigenvalue weighted by Crippen LogP contribution is -2.05. The summed E-state index contributed by atoms with van der Waals surface area (Å²) in [5.74, 6) is -0.0882. The first-order valence-electron chi connectivity index (χ1n) is 4.19. The van der Waals surface area contributed by atoms with Crippen molar-refractivity contribution in [2.75, 3.05) is 0 Å². The standard InChI is InChI=1S/C11H10Cl2O/c1-2-5-10(14)11(13)8-6-3-4-7-9(8)12/h2-4,6-7,11H,1,5H2. The molecule has 0 bridgehead atoms. The molecule has 74 valence electrons. The molecule has 0 radical (unpaired) electrons. The van der Waals surface area contributed by atoms with Gasteiger partial charge in [0.25, 0.3) is 0 Å². The fraction of sp³-hybridized carbons (Fsp3) is 0.182. The molecule has 0 aliphatic rings. The van der Waals surface area contributed by atoms with Gasteiger partial charge in [0.15, 0.2) is 5.78 Å². The zero-order chi connectivity index (χ0) is 10.6. The van der Waals surface area contributed by atoms with Crippen LogP contribution in [0.3, 0.4) is 0 Å². The van der Waals surface area contributed by atoms with E-state index in [9.17, 15) is 4.79 Å². The van der Waals surface area contributed by atoms with Gasteiger partial charge in [0.1, 0.15) is 5.38 Å². The summed E-state index contributed by atoms with van der Waals surface area (Å²) >= 11 is 11.9. The van der Waals surface area contributed by atoms with Crippen LogP contribution in [0.25, 0.3) is 0 Å². The van der Waals surface area contributed by atoms with Gasteiger partial charge in [0.2, 0.25) is 0 Å². The van der Waals surface area contributed by atoms with E-state index < -0.39 is 5.38 Å². The largest absolute Gasteiger partial charge is 0.297 e. The second kappa shape index (κ2) is 5.18. The second-order valence-corrected chi connectivity index (χ2v) is 3.69. The molecule has 1 rings (SSSR count). The fourth-order valence-corrected chi connectivity index (χ4v) is 1.68. The molecule has 0 aromatic heterocycles. The summed E-state index contributed by atoms with van der Waals surface area (Å²) in [6.45, 7) is 3.49. The number of allylic oxidation sites excluding steroid dienone is 1. The molecule has 0 heterocycles. The predicted molar refractivity (Wildman–Crippen MR) is 59.9 cm³/mol. The molecule has 1 nitrogen and oxygen atoms in total. The smallest absolute Gasteiger partial charge is 0.158 e. The van der Waals surface area contributed by atoms with Gasteiger partial charge >= 0.3 is 0 Å². The fourth-order valence-electron chi connectivity index (χ4n) is 1.10. The molecule has 1 unspecified atom stereocenters. The maximum atomic E-state index is 11.4. The lowest BCUT2D eigenvalue weighted by molar-refractivity contribution is -0.118. The number of carbonyl (C=O) groups is 1. The number of halogens is 2. The van der Waals surface area contributed by atoms with Crippen molar-refractivity contribution >= 4 is 29.0 Å². The van der Waals surface area contributed by atoms with E-state index in [1.807, 2.05) is 0 Å². The summed E-state index contributed by atoms with van der Waals surface area (Å²) in [4.78, 5) is 11.4. The first kappa shape index (κ1) is 11.3. The Morgan fingerprint density at radius 3 is 2.71 bits per heavy atom. The summed E-state index contributed by atoms with van der Waals surface area (Å²) in [6, 6.07) is 7.07. The van der Waals surface area contributed by atoms with Crippen LogP contribution in [0.15, 0.2) is 36.9 Å². The van der Waals surface area contributed by atoms with E-state index in [4.69, 9.17) is 23.2 Å². The Labute approximate surface area is 93.3 Å². The Morgan fingerprint density at radius 1 is 1.50 bits per heavy atom. The maximum absolute atomic E-state index is 11.4. The summed E-state index contributed by atoms with van der Waals surface area (Å²) in [7, 11) is 0. The zero-order valence-electron chi connectivity index (χ0n) is 7.54. The number of benzene rings is 1. The normalized spacial score (nSPS) is 12.1. The molecule has 1 atom stereocenters. The number of alkyl halides is 1. The van der Waals surface area contributed by atoms with Crippen LogP contribution < -0.4 is 0 Å². The summed E-state index contributed by atoms with van der Waals surface area (Å²) in [6.07, 6.45) is 1.80. The van der Waals surface area contributed by atoms with Crippen molar-refractivity contribution in [3.8, 4) is 0 Å². The van der Waals surface area contributed by atoms with Crippen LogP contribution in [-0.2, 0) is 4.79 Å². The van der Waals surface area contributed by atoms with Crippen molar-refractivity contribution in [1.29, 1.82) is 0 Å². The van der Waals surface area contributed by atoms with Gasteiger partial charge in [0.05, 0.1) is 0 Å². The Hall–Kier alpha value is -0.790. The van der Waals surface area contributed by atoms with Crippen molar-refractivity contribution in [3.05, 3.63) is 47.5 Å². The Balaban J connectivity index is 2.89. The van der Waals surface area contributed by atoms with E-state index in [0.29, 0.717) is 10.6 Å². The average molecular weight is 229 g/mol. The molecule has 1 aromatic rings. The topological polar surface area (TPSA) is 17.1 Å². The molecule has 0 aliphatic heterocycles. The lowest BCUT2D eigenvalue weighted by atomic mass is 10.1. The first-order valence-corrected chi connectivity index (χ1v) is 5.00. The third-order valence-electron chi connectivity index (χ3n) is 1.81. The van der Waals surface area contributed by atoms with E-state index in [1.54, 1.807) is 24.3 Å². The van der Waals surface area contributed by atoms with Crippen molar-refractivity contribution in [1.82, 2.24) is 0 Å². The van der Waals surface area contributed by atoms with Crippen molar-refractivity contribution in [3.63, 3.8) is 0 Å². The SMILES string of the molecule is C=CCC(=O)C(Cl)c1ccccc1Cl. The van der Waals surface area contributed by atoms with Gasteiger partial charge in [-0.15, -0.1) is 18.2 Å². The second-order valence-electron chi connectivity index (χ2n) is 2.84. The number of Topliss-reactive ketones (excluding diaryl/α,β-unsaturated/α-hetero) is 1. The third kappa shape index (κ3) is 2.60. The van der Waals surface area contributed by atoms with Gasteiger partial charge < -0.3 is 0 Å². The van der Waals surface area contributed by atoms with Crippen LogP contribution in [0, 0.1) is 0 Å². The third-order valence-corrected chi connectivity index (χ3v) is 2.63. The van der Waals surface area contributed by atoms with Gasteiger partial charge in [0, 0.05) is 11.4 Å². The Kier molecular flexibility index (Phi) is 4.18. The van der Waals surface area contributed by atoms with Crippen molar-refractivity contribution < 1.29 is 4.79 Å². The minimum absolute atomic E-state index is 0.0882. The zero-order valence-corrected chi connectivity index (χ0v) is 9.05. The highest BCUT2D eigenvalue weighted by Crippen LogP contribution is 2.28. The minimum atomic E-state index is -0.679. The van der Waals surface area contributed by atoms with Crippen LogP contribution >= 0.6 is 23.2 Å². The summed E-state index contributed by atoms with van der Waals surface area (Å²) < 4.78 is 0. The van der Waals surface area contributed by atoms with E-state index in [1.165, 1.54) is 6.08 Å². The van der Waals surface area contributed by atoms with Crippen LogP contribution in [0.1, 0.15) is 17.4 Å². The molecular weight excluding hydrogens is 219 g/mol. The van der Waals surface area contributed by atoms with E-state index in [-0.39, 0.29) is 12.2 Å². The number of hydrogen-bond acceptors (Lipinski definition) is 1. The minimum Gasteiger partial charge on any atom is -0.297 e. The van der Waals surface area contributed by atoms with Crippen LogP contribution in [-0.4, -0.2) is 5.78 Å². The lowest BCUT2D eigenvalue weighted by Gasteiger charge is -2.08. The quantitative estimate of drug-likeness (QED) is 0.567. The molecule has 14 heavy (non-hydrogen) atoms. The molecule has 0 spiro atoms. The monoisotopic (exact) mass is 228 g/mol. The van der Waals surface area contributed by atoms with Crippen molar-refractivity contribution in [2.24, 2.45) is 0 Å². The highest BCUT2D eigenvalue weighted by molar-refractivity contribution is 6.36. The number of rotatable bonds is 4. The van der Waals surface area contributed by atoms with E-state index >= 15 is 0 Å². The maximum Gasteiger partial charge on any atom is 0.158 e. The van der Waals surface area contributed by atoms with E-state index in [0.717, 1.165) is 0 Å². The van der Waals surface area contributed by atoms with Crippen LogP contribution in [0.2, 0.25) is 5.02 Å². The van der Waals surface area contributed by atoms with Crippen molar-refractivity contribution in [2.45, 2.75) is 11.8 Å². The summed E-state index contributed by atoms with van der Waals surface area (Å²) in [5, 5.41) is -0.161. The molecule has 0 aliphatic carbocycles. The van der Waals surface area contributed by atoms with Gasteiger partial charge in [-0.25, -0.2) is 0 Å². The predicted octanol–water partition coefficient (Wildman–Crippen LogP) is 3.77. The van der Waals surface area contributed by atoms with Gasteiger partial charge in [-0.3, -0.25) is 4.79 Å². The average Bonchev–Trinajstić information content (AvgIpc) is 2.18. The first-order chi connectivity index (χ1) is 6.66. The van der Waals surface area contributed by atoms with E-state index in [2.05, 4.69) is 6.58 Å². The van der Waals surface area contributed by atoms with Crippen LogP contribution in [0.5, 0.6) is 0 Å². The van der Waals surface area contributed by atoms with Gasteiger partial charge in [-0.2, -0.15) is 0 Å². The molecule has 3 heteroatoms. The highest BCUT2D eigenvalue weighted by atomic mass is 35.5. The van der Waals surface area contributed by atoms with Crippen LogP contribution in [0.4, 0.5) is 0 Å². The molecule has 0 fully saturated rings. The molecule has 0 N–H and O–H groups in total. The molecule has 0 amide bonds. The van der Waals surface area contributed by atoms with Gasteiger partial charge in [-0.1, -0.05) is 35.9 Å². The Bertz CT molecular complexity index is 347. The molecule has 1 aromatic carbocycles. The number of carbonyl (C=O) groups excluding carboxylic acids is 1. The Morgan fingerprint density at radius 2 is 2.14 bits per heavy atom. The number of ketones is 1. The summed E-state index contributed by atoms with van der Waals surface area (Å²) in [5.41, 5.74) is 0.655. The number of hydrogen-bond donors (Lipinski definition) is 0.